The van der Waals surface area contributed by atoms with Crippen LogP contribution >= 0.6 is 0 Å². The Labute approximate surface area is 122 Å². The van der Waals surface area contributed by atoms with Crippen molar-refractivity contribution in [3.05, 3.63) is 30.3 Å². The summed E-state index contributed by atoms with van der Waals surface area (Å²) >= 11 is 0. The van der Waals surface area contributed by atoms with E-state index in [1.807, 2.05) is 12.1 Å². The van der Waals surface area contributed by atoms with Crippen LogP contribution in [0.25, 0.3) is 11.3 Å². The van der Waals surface area contributed by atoms with Crippen LogP contribution in [-0.2, 0) is 0 Å². The van der Waals surface area contributed by atoms with Crippen molar-refractivity contribution in [1.82, 2.24) is 10.2 Å². The fraction of sp³-hybridized carbons (Fsp3) is 0.333. The molecule has 6 heteroatoms. The second-order valence-electron chi connectivity index (χ2n) is 6.34. The third-order valence-corrected chi connectivity index (χ3v) is 4.47. The van der Waals surface area contributed by atoms with Gasteiger partial charge in [-0.05, 0) is 37.5 Å². The highest BCUT2D eigenvalue weighted by atomic mass is 16.3. The first-order valence-electron chi connectivity index (χ1n) is 6.97. The molecule has 3 aliphatic carbocycles. The summed E-state index contributed by atoms with van der Waals surface area (Å²) in [6, 6.07) is 8.88. The molecule has 1 heterocycles. The first-order valence-corrected chi connectivity index (χ1v) is 6.97. The summed E-state index contributed by atoms with van der Waals surface area (Å²) in [7, 11) is 0. The first-order chi connectivity index (χ1) is 9.99. The molecule has 5 rings (SSSR count). The van der Waals surface area contributed by atoms with Gasteiger partial charge in [0.05, 0.1) is 11.4 Å². The van der Waals surface area contributed by atoms with Gasteiger partial charge in [-0.15, -0.1) is 10.2 Å². The number of aromatic nitrogens is 2. The first kappa shape index (κ1) is 12.4. The number of phenolic OH excluding ortho intramolecular Hbond substituents is 1. The third kappa shape index (κ3) is 1.83. The Bertz CT molecular complexity index is 710. The molecular formula is C15H17N5O. The molecule has 2 bridgehead atoms. The van der Waals surface area contributed by atoms with E-state index in [4.69, 9.17) is 11.5 Å². The number of nitrogens with zero attached hydrogens (tertiary/aromatic N) is 2. The zero-order valence-electron chi connectivity index (χ0n) is 11.5. The molecule has 0 unspecified atom stereocenters. The number of aromatic hydroxyl groups is 1. The maximum atomic E-state index is 9.92. The van der Waals surface area contributed by atoms with Crippen molar-refractivity contribution in [2.24, 2.45) is 5.73 Å². The molecule has 1 aromatic carbocycles. The van der Waals surface area contributed by atoms with E-state index < -0.39 is 0 Å². The fourth-order valence-corrected chi connectivity index (χ4v) is 3.61. The summed E-state index contributed by atoms with van der Waals surface area (Å²) < 4.78 is 0. The van der Waals surface area contributed by atoms with Crippen molar-refractivity contribution < 1.29 is 5.11 Å². The topological polar surface area (TPSA) is 110 Å². The monoisotopic (exact) mass is 283 g/mol. The zero-order chi connectivity index (χ0) is 14.7. The number of anilines is 2. The number of rotatable bonds is 3. The number of nitrogens with one attached hydrogen (secondary N) is 1. The van der Waals surface area contributed by atoms with E-state index in [-0.39, 0.29) is 16.8 Å². The number of nitrogen functional groups attached to an aromatic ring is 1. The van der Waals surface area contributed by atoms with Crippen molar-refractivity contribution in [3.63, 3.8) is 0 Å². The molecular weight excluding hydrogens is 266 g/mol. The highest BCUT2D eigenvalue weighted by Gasteiger charge is 2.66. The number of hydrogen-bond donors (Lipinski definition) is 4. The molecule has 0 radical (unpaired) electrons. The van der Waals surface area contributed by atoms with E-state index in [2.05, 4.69) is 15.5 Å². The predicted octanol–water partition coefficient (Wildman–Crippen LogP) is 1.48. The predicted molar refractivity (Wildman–Crippen MR) is 80.7 cm³/mol. The summed E-state index contributed by atoms with van der Waals surface area (Å²) in [4.78, 5) is 0. The standard InChI is InChI=1S/C15H17N5O/c16-13-11(18-15-6-14(17,7-15)8-15)5-10(19-20-13)9-3-1-2-4-12(9)21/h1-5,21H,6-8,17H2,(H2,16,20)(H,18,19). The van der Waals surface area contributed by atoms with Crippen LogP contribution in [0, 0.1) is 0 Å². The summed E-state index contributed by atoms with van der Waals surface area (Å²) in [5.74, 6) is 0.541. The smallest absolute Gasteiger partial charge is 0.169 e. The van der Waals surface area contributed by atoms with E-state index in [0.29, 0.717) is 17.1 Å². The second-order valence-corrected chi connectivity index (χ2v) is 6.34. The lowest BCUT2D eigenvalue weighted by atomic mass is 9.44. The largest absolute Gasteiger partial charge is 0.507 e. The molecule has 21 heavy (non-hydrogen) atoms. The van der Waals surface area contributed by atoms with E-state index in [0.717, 1.165) is 24.9 Å². The van der Waals surface area contributed by atoms with Crippen molar-refractivity contribution in [2.75, 3.05) is 11.1 Å². The van der Waals surface area contributed by atoms with Gasteiger partial charge in [0.25, 0.3) is 0 Å². The van der Waals surface area contributed by atoms with Crippen molar-refractivity contribution in [1.29, 1.82) is 0 Å². The molecule has 6 nitrogen and oxygen atoms in total. The summed E-state index contributed by atoms with van der Waals surface area (Å²) in [5.41, 5.74) is 14.1. The van der Waals surface area contributed by atoms with E-state index >= 15 is 0 Å². The Morgan fingerprint density at radius 1 is 1.14 bits per heavy atom. The van der Waals surface area contributed by atoms with Gasteiger partial charge in [0, 0.05) is 16.6 Å². The molecule has 0 saturated heterocycles. The highest BCUT2D eigenvalue weighted by molar-refractivity contribution is 5.74. The van der Waals surface area contributed by atoms with Crippen LogP contribution in [0.2, 0.25) is 0 Å². The van der Waals surface area contributed by atoms with Crippen LogP contribution in [0.15, 0.2) is 30.3 Å². The average molecular weight is 283 g/mol. The fourth-order valence-electron chi connectivity index (χ4n) is 3.61. The van der Waals surface area contributed by atoms with Gasteiger partial charge in [-0.25, -0.2) is 0 Å². The number of hydrogen-bond acceptors (Lipinski definition) is 6. The van der Waals surface area contributed by atoms with Gasteiger partial charge >= 0.3 is 0 Å². The number of para-hydroxylation sites is 1. The Balaban J connectivity index is 1.66. The van der Waals surface area contributed by atoms with Crippen LogP contribution in [-0.4, -0.2) is 26.4 Å². The molecule has 3 aliphatic rings. The Morgan fingerprint density at radius 2 is 1.86 bits per heavy atom. The van der Waals surface area contributed by atoms with Gasteiger partial charge in [0.15, 0.2) is 5.82 Å². The molecule has 0 atom stereocenters. The zero-order valence-corrected chi connectivity index (χ0v) is 11.5. The lowest BCUT2D eigenvalue weighted by Gasteiger charge is -2.69. The summed E-state index contributed by atoms with van der Waals surface area (Å²) in [6.45, 7) is 0. The lowest BCUT2D eigenvalue weighted by molar-refractivity contribution is -0.0317. The molecule has 3 fully saturated rings. The molecule has 3 saturated carbocycles. The maximum Gasteiger partial charge on any atom is 0.169 e. The lowest BCUT2D eigenvalue weighted by Crippen LogP contribution is -2.79. The summed E-state index contributed by atoms with van der Waals surface area (Å²) in [5, 5.41) is 21.4. The quantitative estimate of drug-likeness (QED) is 0.679. The maximum absolute atomic E-state index is 9.92. The normalized spacial score (nSPS) is 29.4. The summed E-state index contributed by atoms with van der Waals surface area (Å²) in [6.07, 6.45) is 2.90. The van der Waals surface area contributed by atoms with Crippen LogP contribution in [0.5, 0.6) is 5.75 Å². The Kier molecular flexibility index (Phi) is 2.28. The van der Waals surface area contributed by atoms with Gasteiger partial charge in [0.1, 0.15) is 5.75 Å². The van der Waals surface area contributed by atoms with Crippen LogP contribution in [0.4, 0.5) is 11.5 Å². The average Bonchev–Trinajstić information content (AvgIpc) is 2.39. The van der Waals surface area contributed by atoms with Gasteiger partial charge in [-0.3, -0.25) is 0 Å². The molecule has 0 aliphatic heterocycles. The van der Waals surface area contributed by atoms with Gasteiger partial charge in [-0.2, -0.15) is 0 Å². The van der Waals surface area contributed by atoms with Crippen molar-refractivity contribution in [2.45, 2.75) is 30.3 Å². The third-order valence-electron chi connectivity index (χ3n) is 4.47. The van der Waals surface area contributed by atoms with Gasteiger partial charge in [0.2, 0.25) is 0 Å². The Hall–Kier alpha value is -2.34. The van der Waals surface area contributed by atoms with Crippen LogP contribution in [0.3, 0.4) is 0 Å². The second kappa shape index (κ2) is 3.85. The van der Waals surface area contributed by atoms with Crippen LogP contribution in [0.1, 0.15) is 19.3 Å². The number of nitrogens with two attached hydrogens (primary N) is 2. The highest BCUT2D eigenvalue weighted by Crippen LogP contribution is 2.60. The minimum absolute atomic E-state index is 0.0305. The molecule has 1 aromatic heterocycles. The van der Waals surface area contributed by atoms with Crippen LogP contribution < -0.4 is 16.8 Å². The minimum atomic E-state index is 0.0305. The SMILES string of the molecule is Nc1nnc(-c2ccccc2O)cc1NC12CC(N)(C1)C2. The van der Waals surface area contributed by atoms with E-state index in [1.54, 1.807) is 18.2 Å². The van der Waals surface area contributed by atoms with E-state index in [1.165, 1.54) is 0 Å². The van der Waals surface area contributed by atoms with Gasteiger partial charge < -0.3 is 21.9 Å². The van der Waals surface area contributed by atoms with Gasteiger partial charge in [-0.1, -0.05) is 12.1 Å². The molecule has 0 spiro atoms. The van der Waals surface area contributed by atoms with E-state index in [9.17, 15) is 5.11 Å². The molecule has 0 amide bonds. The minimum Gasteiger partial charge on any atom is -0.507 e. The molecule has 6 N–H and O–H groups in total. The molecule has 2 aromatic rings. The molecule has 108 valence electrons. The Morgan fingerprint density at radius 3 is 2.52 bits per heavy atom. The van der Waals surface area contributed by atoms with Crippen molar-refractivity contribution in [3.8, 4) is 17.0 Å². The number of benzene rings is 1. The van der Waals surface area contributed by atoms with Crippen molar-refractivity contribution >= 4 is 11.5 Å². The number of phenols is 1.